The van der Waals surface area contributed by atoms with Gasteiger partial charge in [-0.2, -0.15) is 0 Å². The third kappa shape index (κ3) is 3.43. The van der Waals surface area contributed by atoms with Crippen molar-refractivity contribution in [2.24, 2.45) is 0 Å². The number of nitrogens with zero attached hydrogens (tertiary/aromatic N) is 2. The second kappa shape index (κ2) is 6.17. The van der Waals surface area contributed by atoms with Crippen LogP contribution < -0.4 is 5.73 Å². The molecule has 1 amide bonds. The van der Waals surface area contributed by atoms with Crippen molar-refractivity contribution in [3.8, 4) is 0 Å². The molecule has 0 saturated carbocycles. The Balaban J connectivity index is 3.05. The van der Waals surface area contributed by atoms with Crippen LogP contribution in [0.1, 0.15) is 37.6 Å². The van der Waals surface area contributed by atoms with E-state index in [-0.39, 0.29) is 23.3 Å². The zero-order chi connectivity index (χ0) is 14.6. The van der Waals surface area contributed by atoms with E-state index in [0.717, 1.165) is 6.42 Å². The number of carbonyl (C=O) groups excluding carboxylic acids is 1. The minimum Gasteiger partial charge on any atom is -0.393 e. The van der Waals surface area contributed by atoms with E-state index < -0.39 is 4.92 Å². The summed E-state index contributed by atoms with van der Waals surface area (Å²) in [5.74, 6) is -0.154. The van der Waals surface area contributed by atoms with Crippen molar-refractivity contribution >= 4 is 17.3 Å². The lowest BCUT2D eigenvalue weighted by atomic mass is 10.1. The van der Waals surface area contributed by atoms with Crippen LogP contribution in [-0.2, 0) is 0 Å². The minimum atomic E-state index is -0.560. The first-order valence-corrected chi connectivity index (χ1v) is 6.23. The van der Waals surface area contributed by atoms with Gasteiger partial charge in [-0.3, -0.25) is 14.9 Å². The molecule has 6 nitrogen and oxygen atoms in total. The molecule has 0 aliphatic heterocycles. The lowest BCUT2D eigenvalue weighted by Crippen LogP contribution is -2.37. The van der Waals surface area contributed by atoms with Gasteiger partial charge >= 0.3 is 0 Å². The van der Waals surface area contributed by atoms with Crippen LogP contribution in [-0.4, -0.2) is 28.3 Å². The highest BCUT2D eigenvalue weighted by Gasteiger charge is 2.20. The smallest absolute Gasteiger partial charge is 0.292 e. The van der Waals surface area contributed by atoms with Gasteiger partial charge in [0.05, 0.1) is 4.92 Å². The molecule has 0 heterocycles. The van der Waals surface area contributed by atoms with E-state index in [1.165, 1.54) is 18.2 Å². The highest BCUT2D eigenvalue weighted by atomic mass is 16.6. The molecular formula is C13H19N3O3. The van der Waals surface area contributed by atoms with Gasteiger partial charge in [0.2, 0.25) is 0 Å². The van der Waals surface area contributed by atoms with Crippen molar-refractivity contribution in [1.29, 1.82) is 0 Å². The molecule has 0 saturated heterocycles. The van der Waals surface area contributed by atoms with Crippen LogP contribution in [0.2, 0.25) is 0 Å². The van der Waals surface area contributed by atoms with Gasteiger partial charge in [0, 0.05) is 24.2 Å². The summed E-state index contributed by atoms with van der Waals surface area (Å²) in [5, 5.41) is 10.7. The van der Waals surface area contributed by atoms with E-state index in [1.807, 2.05) is 20.8 Å². The summed E-state index contributed by atoms with van der Waals surface area (Å²) in [4.78, 5) is 24.2. The Labute approximate surface area is 112 Å². The first-order valence-electron chi connectivity index (χ1n) is 6.23. The first-order chi connectivity index (χ1) is 8.88. The molecule has 0 unspecified atom stereocenters. The van der Waals surface area contributed by atoms with Gasteiger partial charge in [0.15, 0.2) is 0 Å². The molecule has 0 fully saturated rings. The van der Waals surface area contributed by atoms with Gasteiger partial charge in [-0.05, 0) is 32.4 Å². The highest BCUT2D eigenvalue weighted by Crippen LogP contribution is 2.23. The Kier molecular flexibility index (Phi) is 4.86. The maximum Gasteiger partial charge on any atom is 0.292 e. The zero-order valence-electron chi connectivity index (χ0n) is 11.4. The fraction of sp³-hybridized carbons (Fsp3) is 0.462. The minimum absolute atomic E-state index is 0.0102. The number of hydrogen-bond acceptors (Lipinski definition) is 4. The Morgan fingerprint density at radius 3 is 2.53 bits per heavy atom. The van der Waals surface area contributed by atoms with Gasteiger partial charge in [-0.1, -0.05) is 6.92 Å². The summed E-state index contributed by atoms with van der Waals surface area (Å²) in [5.41, 5.74) is 5.81. The second-order valence-electron chi connectivity index (χ2n) is 4.62. The second-order valence-corrected chi connectivity index (χ2v) is 4.62. The molecule has 1 aromatic rings. The Morgan fingerprint density at radius 1 is 1.47 bits per heavy atom. The topological polar surface area (TPSA) is 89.5 Å². The molecule has 0 atom stereocenters. The quantitative estimate of drug-likeness (QED) is 0.503. The van der Waals surface area contributed by atoms with Crippen LogP contribution in [0.3, 0.4) is 0 Å². The summed E-state index contributed by atoms with van der Waals surface area (Å²) in [7, 11) is 0. The number of nitro benzene ring substituents is 1. The van der Waals surface area contributed by atoms with E-state index in [9.17, 15) is 14.9 Å². The maximum atomic E-state index is 12.3. The van der Waals surface area contributed by atoms with Gasteiger partial charge in [0.25, 0.3) is 11.6 Å². The van der Waals surface area contributed by atoms with E-state index in [2.05, 4.69) is 0 Å². The third-order valence-electron chi connectivity index (χ3n) is 2.82. The van der Waals surface area contributed by atoms with Crippen LogP contribution in [0.15, 0.2) is 18.2 Å². The van der Waals surface area contributed by atoms with E-state index >= 15 is 0 Å². The SMILES string of the molecule is CCCN(C(=O)c1ccc([N+](=O)[O-])c(N)c1)C(C)C. The van der Waals surface area contributed by atoms with Crippen molar-refractivity contribution in [3.63, 3.8) is 0 Å². The van der Waals surface area contributed by atoms with Crippen LogP contribution in [0.25, 0.3) is 0 Å². The molecule has 0 bridgehead atoms. The Morgan fingerprint density at radius 2 is 2.11 bits per heavy atom. The number of hydrogen-bond donors (Lipinski definition) is 1. The van der Waals surface area contributed by atoms with Gasteiger partial charge in [0.1, 0.15) is 5.69 Å². The van der Waals surface area contributed by atoms with E-state index in [0.29, 0.717) is 12.1 Å². The molecule has 0 spiro atoms. The summed E-state index contributed by atoms with van der Waals surface area (Å²) in [6.07, 6.45) is 0.854. The number of nitrogen functional groups attached to an aromatic ring is 1. The third-order valence-corrected chi connectivity index (χ3v) is 2.82. The van der Waals surface area contributed by atoms with Gasteiger partial charge in [-0.25, -0.2) is 0 Å². The highest BCUT2D eigenvalue weighted by molar-refractivity contribution is 5.96. The summed E-state index contributed by atoms with van der Waals surface area (Å²) < 4.78 is 0. The van der Waals surface area contributed by atoms with Crippen molar-refractivity contribution in [2.45, 2.75) is 33.2 Å². The van der Waals surface area contributed by atoms with Crippen molar-refractivity contribution in [2.75, 3.05) is 12.3 Å². The lowest BCUT2D eigenvalue weighted by molar-refractivity contribution is -0.383. The largest absolute Gasteiger partial charge is 0.393 e. The van der Waals surface area contributed by atoms with Crippen LogP contribution in [0.5, 0.6) is 0 Å². The molecule has 0 aromatic heterocycles. The summed E-state index contributed by atoms with van der Waals surface area (Å²) in [6, 6.07) is 4.16. The van der Waals surface area contributed by atoms with Crippen molar-refractivity contribution < 1.29 is 9.72 Å². The lowest BCUT2D eigenvalue weighted by Gasteiger charge is -2.26. The standard InChI is InChI=1S/C13H19N3O3/c1-4-7-15(9(2)3)13(17)10-5-6-12(16(18)19)11(14)8-10/h5-6,8-9H,4,7,14H2,1-3H3. The number of nitrogens with two attached hydrogens (primary N) is 1. The summed E-state index contributed by atoms with van der Waals surface area (Å²) in [6.45, 7) is 6.50. The molecule has 2 N–H and O–H groups in total. The molecular weight excluding hydrogens is 246 g/mol. The fourth-order valence-corrected chi connectivity index (χ4v) is 1.85. The Bertz CT molecular complexity index is 486. The van der Waals surface area contributed by atoms with E-state index in [4.69, 9.17) is 5.73 Å². The number of rotatable bonds is 5. The molecule has 104 valence electrons. The van der Waals surface area contributed by atoms with Gasteiger partial charge < -0.3 is 10.6 Å². The number of anilines is 1. The number of benzene rings is 1. The van der Waals surface area contributed by atoms with E-state index in [1.54, 1.807) is 4.90 Å². The Hall–Kier alpha value is -2.11. The van der Waals surface area contributed by atoms with Crippen LogP contribution >= 0.6 is 0 Å². The fourth-order valence-electron chi connectivity index (χ4n) is 1.85. The molecule has 1 aromatic carbocycles. The molecule has 19 heavy (non-hydrogen) atoms. The molecule has 0 aliphatic rings. The van der Waals surface area contributed by atoms with Crippen LogP contribution in [0.4, 0.5) is 11.4 Å². The number of amides is 1. The normalized spacial score (nSPS) is 10.5. The molecule has 1 rings (SSSR count). The maximum absolute atomic E-state index is 12.3. The molecule has 0 radical (unpaired) electrons. The average molecular weight is 265 g/mol. The first kappa shape index (κ1) is 14.9. The number of carbonyl (C=O) groups is 1. The monoisotopic (exact) mass is 265 g/mol. The van der Waals surface area contributed by atoms with Gasteiger partial charge in [-0.15, -0.1) is 0 Å². The zero-order valence-corrected chi connectivity index (χ0v) is 11.4. The predicted octanol–water partition coefficient (Wildman–Crippen LogP) is 2.44. The predicted molar refractivity (Wildman–Crippen MR) is 74.0 cm³/mol. The van der Waals surface area contributed by atoms with Crippen molar-refractivity contribution in [3.05, 3.63) is 33.9 Å². The van der Waals surface area contributed by atoms with Crippen molar-refractivity contribution in [1.82, 2.24) is 4.90 Å². The van der Waals surface area contributed by atoms with Crippen LogP contribution in [0, 0.1) is 10.1 Å². The summed E-state index contributed by atoms with van der Waals surface area (Å²) >= 11 is 0. The number of nitro groups is 1. The molecule has 6 heteroatoms. The average Bonchev–Trinajstić information content (AvgIpc) is 2.34. The molecule has 0 aliphatic carbocycles.